The Morgan fingerprint density at radius 3 is 2.64 bits per heavy atom. The summed E-state index contributed by atoms with van der Waals surface area (Å²) in [6, 6.07) is 0. The van der Waals surface area contributed by atoms with Gasteiger partial charge in [0.15, 0.2) is 0 Å². The van der Waals surface area contributed by atoms with Crippen LogP contribution >= 0.6 is 11.3 Å². The lowest BCUT2D eigenvalue weighted by atomic mass is 10.1. The number of Topliss-reactive ketones (excluding diaryl/α,β-unsaturated/α-hetero) is 1. The maximum Gasteiger partial charge on any atom is 0.346 e. The van der Waals surface area contributed by atoms with E-state index >= 15 is 0 Å². The molecule has 0 aliphatic heterocycles. The van der Waals surface area contributed by atoms with Gasteiger partial charge in [-0.1, -0.05) is 0 Å². The predicted octanol–water partition coefficient (Wildman–Crippen LogP) is 2.28. The topological polar surface area (TPSA) is 54.4 Å². The van der Waals surface area contributed by atoms with Crippen molar-refractivity contribution in [2.75, 3.05) is 0 Å². The Morgan fingerprint density at radius 1 is 1.50 bits per heavy atom. The number of aryl methyl sites for hydroxylation is 1. The molecule has 0 bridgehead atoms. The lowest BCUT2D eigenvalue weighted by Gasteiger charge is -2.00. The zero-order valence-electron chi connectivity index (χ0n) is 8.16. The molecule has 0 amide bonds. The molecule has 1 heterocycles. The van der Waals surface area contributed by atoms with Gasteiger partial charge in [-0.25, -0.2) is 4.79 Å². The summed E-state index contributed by atoms with van der Waals surface area (Å²) in [5.74, 6) is -0.811. The molecule has 0 fully saturated rings. The maximum absolute atomic E-state index is 10.8. The number of carbonyl (C=O) groups is 2. The molecule has 0 saturated heterocycles. The number of carboxylic acids is 1. The highest BCUT2D eigenvalue weighted by molar-refractivity contribution is 7.12. The van der Waals surface area contributed by atoms with Crippen molar-refractivity contribution < 1.29 is 14.7 Å². The van der Waals surface area contributed by atoms with E-state index in [1.54, 1.807) is 0 Å². The molecule has 0 aliphatic rings. The van der Waals surface area contributed by atoms with E-state index in [4.69, 9.17) is 5.11 Å². The fourth-order valence-electron chi connectivity index (χ4n) is 1.26. The van der Waals surface area contributed by atoms with E-state index in [0.717, 1.165) is 11.1 Å². The van der Waals surface area contributed by atoms with Crippen LogP contribution in [0.3, 0.4) is 0 Å². The SMILES string of the molecule is CC(=O)CCc1c(C)csc1C(=O)O. The van der Waals surface area contributed by atoms with Crippen LogP contribution < -0.4 is 0 Å². The standard InChI is InChI=1S/C10H12O3S/c1-6-5-14-9(10(12)13)8(6)4-3-7(2)11/h5H,3-4H2,1-2H3,(H,12,13). The third-order valence-corrected chi connectivity index (χ3v) is 3.15. The van der Waals surface area contributed by atoms with Gasteiger partial charge in [-0.15, -0.1) is 11.3 Å². The molecule has 1 rings (SSSR count). The van der Waals surface area contributed by atoms with Gasteiger partial charge in [0, 0.05) is 6.42 Å². The van der Waals surface area contributed by atoms with Crippen molar-refractivity contribution in [1.29, 1.82) is 0 Å². The average molecular weight is 212 g/mol. The molecule has 76 valence electrons. The summed E-state index contributed by atoms with van der Waals surface area (Å²) < 4.78 is 0. The molecule has 0 unspecified atom stereocenters. The first-order valence-corrected chi connectivity index (χ1v) is 5.20. The Balaban J connectivity index is 2.88. The molecule has 0 spiro atoms. The fraction of sp³-hybridized carbons (Fsp3) is 0.400. The highest BCUT2D eigenvalue weighted by Crippen LogP contribution is 2.23. The molecule has 14 heavy (non-hydrogen) atoms. The Morgan fingerprint density at radius 2 is 2.14 bits per heavy atom. The summed E-state index contributed by atoms with van der Waals surface area (Å²) in [5, 5.41) is 10.7. The first-order chi connectivity index (χ1) is 6.52. The number of hydrogen-bond acceptors (Lipinski definition) is 3. The number of carbonyl (C=O) groups excluding carboxylic acids is 1. The number of ketones is 1. The van der Waals surface area contributed by atoms with Crippen LogP contribution in [-0.2, 0) is 11.2 Å². The van der Waals surface area contributed by atoms with E-state index in [-0.39, 0.29) is 5.78 Å². The van der Waals surface area contributed by atoms with Crippen molar-refractivity contribution in [2.45, 2.75) is 26.7 Å². The summed E-state index contributed by atoms with van der Waals surface area (Å²) in [5.41, 5.74) is 1.77. The Hall–Kier alpha value is -1.16. The zero-order valence-corrected chi connectivity index (χ0v) is 8.98. The maximum atomic E-state index is 10.8. The lowest BCUT2D eigenvalue weighted by Crippen LogP contribution is -2.01. The molecule has 1 aromatic rings. The third kappa shape index (κ3) is 2.42. The van der Waals surface area contributed by atoms with Gasteiger partial charge in [0.2, 0.25) is 0 Å². The molecule has 0 radical (unpaired) electrons. The molecule has 4 heteroatoms. The third-order valence-electron chi connectivity index (χ3n) is 2.02. The predicted molar refractivity (Wildman–Crippen MR) is 55.0 cm³/mol. The second kappa shape index (κ2) is 4.37. The number of carboxylic acid groups (broad SMARTS) is 1. The summed E-state index contributed by atoms with van der Waals surface area (Å²) in [6.07, 6.45) is 0.949. The molecule has 0 aliphatic carbocycles. The zero-order chi connectivity index (χ0) is 10.7. The molecule has 1 N–H and O–H groups in total. The monoisotopic (exact) mass is 212 g/mol. The second-order valence-electron chi connectivity index (χ2n) is 3.23. The van der Waals surface area contributed by atoms with Crippen LogP contribution in [0.4, 0.5) is 0 Å². The van der Waals surface area contributed by atoms with Gasteiger partial charge in [-0.05, 0) is 36.8 Å². The highest BCUT2D eigenvalue weighted by Gasteiger charge is 2.14. The van der Waals surface area contributed by atoms with Crippen LogP contribution in [-0.4, -0.2) is 16.9 Å². The molecule has 3 nitrogen and oxygen atoms in total. The molecular formula is C10H12O3S. The van der Waals surface area contributed by atoms with Crippen LogP contribution in [0.15, 0.2) is 5.38 Å². The van der Waals surface area contributed by atoms with Gasteiger partial charge in [-0.3, -0.25) is 0 Å². The van der Waals surface area contributed by atoms with Gasteiger partial charge in [0.1, 0.15) is 10.7 Å². The Labute approximate surface area is 86.4 Å². The lowest BCUT2D eigenvalue weighted by molar-refractivity contribution is -0.116. The van der Waals surface area contributed by atoms with E-state index in [9.17, 15) is 9.59 Å². The van der Waals surface area contributed by atoms with E-state index in [1.165, 1.54) is 18.3 Å². The van der Waals surface area contributed by atoms with E-state index in [1.807, 2.05) is 12.3 Å². The van der Waals surface area contributed by atoms with Gasteiger partial charge in [-0.2, -0.15) is 0 Å². The molecule has 1 aromatic heterocycles. The smallest absolute Gasteiger partial charge is 0.346 e. The fourth-order valence-corrected chi connectivity index (χ4v) is 2.20. The van der Waals surface area contributed by atoms with Gasteiger partial charge in [0.25, 0.3) is 0 Å². The van der Waals surface area contributed by atoms with E-state index in [2.05, 4.69) is 0 Å². The minimum absolute atomic E-state index is 0.0898. The summed E-state index contributed by atoms with van der Waals surface area (Å²) in [4.78, 5) is 22.0. The largest absolute Gasteiger partial charge is 0.477 e. The van der Waals surface area contributed by atoms with E-state index in [0.29, 0.717) is 17.7 Å². The van der Waals surface area contributed by atoms with Crippen molar-refractivity contribution in [3.05, 3.63) is 21.4 Å². The summed E-state index contributed by atoms with van der Waals surface area (Å²) in [7, 11) is 0. The van der Waals surface area contributed by atoms with Crippen molar-refractivity contribution in [3.63, 3.8) is 0 Å². The molecule has 0 aromatic carbocycles. The first-order valence-electron chi connectivity index (χ1n) is 4.32. The van der Waals surface area contributed by atoms with Crippen LogP contribution in [0.5, 0.6) is 0 Å². The van der Waals surface area contributed by atoms with Crippen LogP contribution in [0.2, 0.25) is 0 Å². The van der Waals surface area contributed by atoms with Crippen molar-refractivity contribution in [3.8, 4) is 0 Å². The summed E-state index contributed by atoms with van der Waals surface area (Å²) >= 11 is 1.23. The highest BCUT2D eigenvalue weighted by atomic mass is 32.1. The number of aromatic carboxylic acids is 1. The first kappa shape index (κ1) is 10.9. The number of rotatable bonds is 4. The minimum atomic E-state index is -0.901. The van der Waals surface area contributed by atoms with Crippen LogP contribution in [0, 0.1) is 6.92 Å². The quantitative estimate of drug-likeness (QED) is 0.833. The van der Waals surface area contributed by atoms with Crippen molar-refractivity contribution in [1.82, 2.24) is 0 Å². The van der Waals surface area contributed by atoms with Gasteiger partial charge in [0.05, 0.1) is 0 Å². The molecule has 0 atom stereocenters. The van der Waals surface area contributed by atoms with Gasteiger partial charge < -0.3 is 9.90 Å². The second-order valence-corrected chi connectivity index (χ2v) is 4.11. The van der Waals surface area contributed by atoms with Crippen LogP contribution in [0.1, 0.15) is 34.1 Å². The molecular weight excluding hydrogens is 200 g/mol. The van der Waals surface area contributed by atoms with Gasteiger partial charge >= 0.3 is 5.97 Å². The minimum Gasteiger partial charge on any atom is -0.477 e. The number of thiophene rings is 1. The average Bonchev–Trinajstić information content (AvgIpc) is 2.43. The Kier molecular flexibility index (Phi) is 3.41. The molecule has 0 saturated carbocycles. The van der Waals surface area contributed by atoms with E-state index < -0.39 is 5.97 Å². The van der Waals surface area contributed by atoms with Crippen molar-refractivity contribution >= 4 is 23.1 Å². The normalized spacial score (nSPS) is 10.1. The summed E-state index contributed by atoms with van der Waals surface area (Å²) in [6.45, 7) is 3.39. The van der Waals surface area contributed by atoms with Crippen LogP contribution in [0.25, 0.3) is 0 Å². The number of hydrogen-bond donors (Lipinski definition) is 1. The van der Waals surface area contributed by atoms with Crippen molar-refractivity contribution in [2.24, 2.45) is 0 Å². The Bertz CT molecular complexity index is 365.